The largest absolute Gasteiger partial charge is 0.461 e. The molecule has 1 heterocycles. The summed E-state index contributed by atoms with van der Waals surface area (Å²) in [5.41, 5.74) is 0.865. The number of ether oxygens (including phenoxy) is 1. The van der Waals surface area contributed by atoms with Gasteiger partial charge in [-0.2, -0.15) is 17.6 Å². The molecule has 0 spiro atoms. The van der Waals surface area contributed by atoms with Crippen molar-refractivity contribution < 1.29 is 22.3 Å². The van der Waals surface area contributed by atoms with Gasteiger partial charge in [0.05, 0.1) is 0 Å². The molecule has 1 aliphatic carbocycles. The van der Waals surface area contributed by atoms with E-state index in [4.69, 9.17) is 0 Å². The fourth-order valence-electron chi connectivity index (χ4n) is 3.46. The highest BCUT2D eigenvalue weighted by Gasteiger charge is 2.44. The van der Waals surface area contributed by atoms with Gasteiger partial charge < -0.3 is 10.1 Å². The van der Waals surface area contributed by atoms with Crippen LogP contribution < -0.4 is 10.1 Å². The number of nitrogens with zero attached hydrogens (tertiary/aromatic N) is 1. The van der Waals surface area contributed by atoms with Gasteiger partial charge in [0.15, 0.2) is 0 Å². The summed E-state index contributed by atoms with van der Waals surface area (Å²) in [6.45, 7) is 3.56. The first kappa shape index (κ1) is 20.3. The Balaban J connectivity index is 0.00000225. The van der Waals surface area contributed by atoms with Gasteiger partial charge in [-0.1, -0.05) is 18.6 Å². The van der Waals surface area contributed by atoms with Crippen LogP contribution in [0.4, 0.5) is 17.6 Å². The van der Waals surface area contributed by atoms with E-state index < -0.39 is 12.5 Å². The van der Waals surface area contributed by atoms with Crippen LogP contribution in [-0.4, -0.2) is 43.6 Å². The highest BCUT2D eigenvalue weighted by molar-refractivity contribution is 5.85. The zero-order valence-corrected chi connectivity index (χ0v) is 14.6. The van der Waals surface area contributed by atoms with Gasteiger partial charge in [0, 0.05) is 32.2 Å². The summed E-state index contributed by atoms with van der Waals surface area (Å²) in [4.78, 5) is 2.35. The van der Waals surface area contributed by atoms with E-state index >= 15 is 0 Å². The summed E-state index contributed by atoms with van der Waals surface area (Å²) < 4.78 is 55.3. The number of nitrogens with one attached hydrogen (secondary N) is 1. The topological polar surface area (TPSA) is 24.5 Å². The van der Waals surface area contributed by atoms with E-state index in [-0.39, 0.29) is 24.2 Å². The summed E-state index contributed by atoms with van der Waals surface area (Å²) in [5.74, 6) is 0.270. The molecule has 1 saturated heterocycles. The third kappa shape index (κ3) is 4.77. The smallest absolute Gasteiger partial charge is 0.428 e. The van der Waals surface area contributed by atoms with Crippen molar-refractivity contribution in [2.45, 2.75) is 37.8 Å². The van der Waals surface area contributed by atoms with Crippen LogP contribution >= 0.6 is 12.4 Å². The van der Waals surface area contributed by atoms with Gasteiger partial charge >= 0.3 is 12.5 Å². The summed E-state index contributed by atoms with van der Waals surface area (Å²) >= 11 is 0. The molecule has 0 unspecified atom stereocenters. The Morgan fingerprint density at radius 2 is 1.84 bits per heavy atom. The molecular weight excluding hydrogens is 360 g/mol. The Morgan fingerprint density at radius 3 is 2.40 bits per heavy atom. The molecule has 1 aromatic carbocycles. The standard InChI is InChI=1S/C17H22F4N2O.ClH/c18-16(19)17(20,21)24-14-6-2-5-13(11-14)15(12-3-1-4-12)23-9-7-22-8-10-23;/h2,5-6,11-12,15-16,22H,1,3-4,7-10H2;1H/t15-;/m1./s1. The van der Waals surface area contributed by atoms with Gasteiger partial charge in [-0.15, -0.1) is 12.4 Å². The number of hydrogen-bond donors (Lipinski definition) is 1. The predicted molar refractivity (Wildman–Crippen MR) is 89.8 cm³/mol. The van der Waals surface area contributed by atoms with E-state index in [0.717, 1.165) is 44.6 Å². The van der Waals surface area contributed by atoms with Crippen LogP contribution in [0, 0.1) is 5.92 Å². The molecule has 1 aliphatic heterocycles. The van der Waals surface area contributed by atoms with E-state index in [0.29, 0.717) is 5.92 Å². The van der Waals surface area contributed by atoms with Crippen LogP contribution in [0.3, 0.4) is 0 Å². The van der Waals surface area contributed by atoms with E-state index in [9.17, 15) is 17.6 Å². The summed E-state index contributed by atoms with van der Waals surface area (Å²) in [6, 6.07) is 6.39. The van der Waals surface area contributed by atoms with Gasteiger partial charge in [0.25, 0.3) is 0 Å². The van der Waals surface area contributed by atoms with Crippen LogP contribution in [-0.2, 0) is 0 Å². The first-order chi connectivity index (χ1) is 11.5. The normalized spacial score (nSPS) is 20.7. The fourth-order valence-corrected chi connectivity index (χ4v) is 3.46. The Kier molecular flexibility index (Phi) is 6.93. The van der Waals surface area contributed by atoms with Gasteiger partial charge in [0.2, 0.25) is 0 Å². The van der Waals surface area contributed by atoms with Crippen molar-refractivity contribution in [2.24, 2.45) is 5.92 Å². The molecular formula is C17H23ClF4N2O. The van der Waals surface area contributed by atoms with Crippen molar-refractivity contribution in [3.8, 4) is 5.75 Å². The van der Waals surface area contributed by atoms with Crippen LogP contribution in [0.5, 0.6) is 5.75 Å². The molecule has 1 N–H and O–H groups in total. The summed E-state index contributed by atoms with van der Waals surface area (Å²) in [6.07, 6.45) is -4.94. The maximum Gasteiger partial charge on any atom is 0.461 e. The second-order valence-electron chi connectivity index (χ2n) is 6.46. The van der Waals surface area contributed by atoms with Crippen LogP contribution in [0.15, 0.2) is 24.3 Å². The van der Waals surface area contributed by atoms with E-state index in [2.05, 4.69) is 15.0 Å². The molecule has 8 heteroatoms. The molecule has 1 atom stereocenters. The molecule has 0 aromatic heterocycles. The Bertz CT molecular complexity index is 551. The van der Waals surface area contributed by atoms with Crippen molar-refractivity contribution in [1.82, 2.24) is 10.2 Å². The third-order valence-electron chi connectivity index (χ3n) is 4.85. The minimum Gasteiger partial charge on any atom is -0.428 e. The van der Waals surface area contributed by atoms with Crippen molar-refractivity contribution in [3.63, 3.8) is 0 Å². The van der Waals surface area contributed by atoms with Crippen LogP contribution in [0.25, 0.3) is 0 Å². The van der Waals surface area contributed by atoms with Gasteiger partial charge in [-0.05, 0) is 36.5 Å². The van der Waals surface area contributed by atoms with Crippen molar-refractivity contribution >= 4 is 12.4 Å². The Labute approximate surface area is 151 Å². The minimum absolute atomic E-state index is 0. The Morgan fingerprint density at radius 1 is 1.16 bits per heavy atom. The van der Waals surface area contributed by atoms with E-state index in [1.165, 1.54) is 18.6 Å². The third-order valence-corrected chi connectivity index (χ3v) is 4.85. The molecule has 0 amide bonds. The molecule has 3 rings (SSSR count). The molecule has 3 nitrogen and oxygen atoms in total. The van der Waals surface area contributed by atoms with Crippen molar-refractivity contribution in [2.75, 3.05) is 26.2 Å². The van der Waals surface area contributed by atoms with Crippen molar-refractivity contribution in [3.05, 3.63) is 29.8 Å². The molecule has 2 aliphatic rings. The van der Waals surface area contributed by atoms with Crippen molar-refractivity contribution in [1.29, 1.82) is 0 Å². The number of benzene rings is 1. The lowest BCUT2D eigenvalue weighted by Gasteiger charge is -2.43. The monoisotopic (exact) mass is 382 g/mol. The minimum atomic E-state index is -4.47. The second-order valence-corrected chi connectivity index (χ2v) is 6.46. The molecule has 0 radical (unpaired) electrons. The zero-order chi connectivity index (χ0) is 17.2. The summed E-state index contributed by atoms with van der Waals surface area (Å²) in [7, 11) is 0. The number of piperazine rings is 1. The lowest BCUT2D eigenvalue weighted by atomic mass is 9.76. The average molecular weight is 383 g/mol. The first-order valence-electron chi connectivity index (χ1n) is 8.37. The Hall–Kier alpha value is -1.05. The van der Waals surface area contributed by atoms with E-state index in [1.54, 1.807) is 6.07 Å². The first-order valence-corrected chi connectivity index (χ1v) is 8.37. The van der Waals surface area contributed by atoms with Crippen LogP contribution in [0.2, 0.25) is 0 Å². The molecule has 1 saturated carbocycles. The average Bonchev–Trinajstić information content (AvgIpc) is 2.51. The van der Waals surface area contributed by atoms with Gasteiger partial charge in [-0.3, -0.25) is 4.90 Å². The summed E-state index contributed by atoms with van der Waals surface area (Å²) in [5, 5.41) is 3.30. The number of rotatable bonds is 6. The maximum atomic E-state index is 13.2. The van der Waals surface area contributed by atoms with Crippen LogP contribution in [0.1, 0.15) is 30.9 Å². The molecule has 25 heavy (non-hydrogen) atoms. The highest BCUT2D eigenvalue weighted by Crippen LogP contribution is 2.42. The highest BCUT2D eigenvalue weighted by atomic mass is 35.5. The predicted octanol–water partition coefficient (Wildman–Crippen LogP) is 4.09. The zero-order valence-electron chi connectivity index (χ0n) is 13.8. The van der Waals surface area contributed by atoms with Gasteiger partial charge in [0.1, 0.15) is 5.75 Å². The molecule has 2 fully saturated rings. The molecule has 1 aromatic rings. The second kappa shape index (κ2) is 8.56. The lowest BCUT2D eigenvalue weighted by Crippen LogP contribution is -2.47. The maximum absolute atomic E-state index is 13.2. The number of hydrogen-bond acceptors (Lipinski definition) is 3. The van der Waals surface area contributed by atoms with E-state index in [1.807, 2.05) is 6.07 Å². The fraction of sp³-hybridized carbons (Fsp3) is 0.647. The quantitative estimate of drug-likeness (QED) is 0.750. The SMILES string of the molecule is Cl.FC(F)C(F)(F)Oc1cccc([C@@H](C2CCC2)N2CCNCC2)c1. The lowest BCUT2D eigenvalue weighted by molar-refractivity contribution is -0.253. The molecule has 0 bridgehead atoms. The number of alkyl halides is 4. The molecule has 142 valence electrons. The number of halogens is 5. The van der Waals surface area contributed by atoms with Gasteiger partial charge in [-0.25, -0.2) is 0 Å².